The molecule has 0 bridgehead atoms. The molecule has 0 amide bonds. The van der Waals surface area contributed by atoms with Crippen LogP contribution >= 0.6 is 12.4 Å². The van der Waals surface area contributed by atoms with E-state index in [0.29, 0.717) is 11.5 Å². The Bertz CT molecular complexity index is 377. The monoisotopic (exact) mass is 241 g/mol. The molecule has 1 atom stereocenters. The van der Waals surface area contributed by atoms with E-state index >= 15 is 0 Å². The highest BCUT2D eigenvalue weighted by Gasteiger charge is 2.27. The molecule has 0 heterocycles. The molecule has 1 aliphatic carbocycles. The zero-order chi connectivity index (χ0) is 10.8. The number of nitrogens with two attached hydrogens (primary N) is 1. The molecule has 0 aliphatic heterocycles. The Morgan fingerprint density at radius 3 is 2.50 bits per heavy atom. The molecular weight excluding hydrogens is 226 g/mol. The smallest absolute Gasteiger partial charge is 0.336 e. The number of aromatic carboxylic acids is 1. The van der Waals surface area contributed by atoms with Crippen LogP contribution in [0.1, 0.15) is 41.2 Å². The molecule has 3 nitrogen and oxygen atoms in total. The summed E-state index contributed by atoms with van der Waals surface area (Å²) >= 11 is 0. The summed E-state index contributed by atoms with van der Waals surface area (Å²) in [5, 5.41) is 9.03. The molecule has 3 N–H and O–H groups in total. The van der Waals surface area contributed by atoms with Crippen molar-refractivity contribution in [3.63, 3.8) is 0 Å². The maximum atomic E-state index is 11.0. The quantitative estimate of drug-likeness (QED) is 0.855. The topological polar surface area (TPSA) is 63.3 Å². The van der Waals surface area contributed by atoms with Crippen LogP contribution in [0.25, 0.3) is 0 Å². The van der Waals surface area contributed by atoms with Crippen molar-refractivity contribution in [1.29, 1.82) is 0 Å². The second-order valence-electron chi connectivity index (χ2n) is 4.11. The van der Waals surface area contributed by atoms with Crippen LogP contribution < -0.4 is 5.73 Å². The molecule has 1 saturated carbocycles. The van der Waals surface area contributed by atoms with Crippen LogP contribution in [0.2, 0.25) is 0 Å². The van der Waals surface area contributed by atoms with Crippen molar-refractivity contribution < 1.29 is 9.90 Å². The first-order valence-electron chi connectivity index (χ1n) is 5.28. The van der Waals surface area contributed by atoms with E-state index in [9.17, 15) is 4.79 Å². The second kappa shape index (κ2) is 5.32. The van der Waals surface area contributed by atoms with Gasteiger partial charge in [-0.2, -0.15) is 0 Å². The van der Waals surface area contributed by atoms with Gasteiger partial charge in [-0.1, -0.05) is 24.6 Å². The van der Waals surface area contributed by atoms with Crippen LogP contribution in [0.5, 0.6) is 0 Å². The summed E-state index contributed by atoms with van der Waals surface area (Å²) in [7, 11) is 0. The van der Waals surface area contributed by atoms with Gasteiger partial charge in [0.1, 0.15) is 0 Å². The third-order valence-corrected chi connectivity index (χ3v) is 3.21. The van der Waals surface area contributed by atoms with E-state index < -0.39 is 5.97 Å². The van der Waals surface area contributed by atoms with E-state index in [4.69, 9.17) is 10.8 Å². The molecule has 4 heteroatoms. The van der Waals surface area contributed by atoms with Gasteiger partial charge in [-0.3, -0.25) is 0 Å². The minimum Gasteiger partial charge on any atom is -0.478 e. The van der Waals surface area contributed by atoms with Gasteiger partial charge in [-0.25, -0.2) is 4.79 Å². The molecule has 1 fully saturated rings. The number of carboxylic acids is 1. The first-order valence-corrected chi connectivity index (χ1v) is 5.28. The van der Waals surface area contributed by atoms with Crippen molar-refractivity contribution in [2.24, 2.45) is 11.7 Å². The first-order chi connectivity index (χ1) is 7.20. The minimum atomic E-state index is -0.889. The molecule has 1 aromatic carbocycles. The van der Waals surface area contributed by atoms with E-state index in [1.165, 1.54) is 6.42 Å². The van der Waals surface area contributed by atoms with Crippen LogP contribution in [-0.2, 0) is 0 Å². The summed E-state index contributed by atoms with van der Waals surface area (Å²) in [5.74, 6) is -0.425. The molecule has 0 unspecified atom stereocenters. The Morgan fingerprint density at radius 2 is 2.00 bits per heavy atom. The number of rotatable bonds is 3. The van der Waals surface area contributed by atoms with E-state index in [-0.39, 0.29) is 18.4 Å². The van der Waals surface area contributed by atoms with E-state index in [2.05, 4.69) is 0 Å². The lowest BCUT2D eigenvalue weighted by Crippen LogP contribution is -2.28. The van der Waals surface area contributed by atoms with Crippen LogP contribution in [0, 0.1) is 5.92 Å². The predicted octanol–water partition coefficient (Wildman–Crippen LogP) is 2.61. The lowest BCUT2D eigenvalue weighted by atomic mass is 9.77. The Kier molecular flexibility index (Phi) is 4.33. The molecule has 0 radical (unpaired) electrons. The third-order valence-electron chi connectivity index (χ3n) is 3.21. The summed E-state index contributed by atoms with van der Waals surface area (Å²) < 4.78 is 0. The fourth-order valence-corrected chi connectivity index (χ4v) is 2.04. The van der Waals surface area contributed by atoms with E-state index in [1.807, 2.05) is 12.1 Å². The van der Waals surface area contributed by atoms with Gasteiger partial charge in [0.05, 0.1) is 5.56 Å². The lowest BCUT2D eigenvalue weighted by molar-refractivity contribution is 0.0694. The molecule has 16 heavy (non-hydrogen) atoms. The molecule has 88 valence electrons. The normalized spacial score (nSPS) is 17.1. The highest BCUT2D eigenvalue weighted by Crippen LogP contribution is 2.37. The number of carboxylic acid groups (broad SMARTS) is 1. The van der Waals surface area contributed by atoms with Crippen LogP contribution in [0.4, 0.5) is 0 Å². The van der Waals surface area contributed by atoms with Crippen LogP contribution in [0.15, 0.2) is 24.3 Å². The highest BCUT2D eigenvalue weighted by atomic mass is 35.5. The SMILES string of the molecule is Cl.N[C@H](c1ccccc1C(=O)O)C1CCC1. The number of carbonyl (C=O) groups is 1. The Labute approximate surface area is 101 Å². The second-order valence-corrected chi connectivity index (χ2v) is 4.11. The number of hydrogen-bond donors (Lipinski definition) is 2. The summed E-state index contributed by atoms with van der Waals surface area (Å²) in [4.78, 5) is 11.0. The molecule has 2 rings (SSSR count). The van der Waals surface area contributed by atoms with Gasteiger partial charge < -0.3 is 10.8 Å². The number of benzene rings is 1. The molecule has 1 aromatic rings. The zero-order valence-corrected chi connectivity index (χ0v) is 9.74. The largest absolute Gasteiger partial charge is 0.478 e. The zero-order valence-electron chi connectivity index (χ0n) is 8.93. The summed E-state index contributed by atoms with van der Waals surface area (Å²) in [6.07, 6.45) is 3.46. The van der Waals surface area contributed by atoms with Crippen molar-refractivity contribution in [3.05, 3.63) is 35.4 Å². The Hall–Kier alpha value is -1.06. The summed E-state index contributed by atoms with van der Waals surface area (Å²) in [6, 6.07) is 6.91. The molecular formula is C12H16ClNO2. The number of hydrogen-bond acceptors (Lipinski definition) is 2. The van der Waals surface area contributed by atoms with Crippen molar-refractivity contribution in [2.45, 2.75) is 25.3 Å². The van der Waals surface area contributed by atoms with Crippen LogP contribution in [-0.4, -0.2) is 11.1 Å². The lowest BCUT2D eigenvalue weighted by Gasteiger charge is -2.32. The molecule has 0 saturated heterocycles. The van der Waals surface area contributed by atoms with Crippen molar-refractivity contribution >= 4 is 18.4 Å². The average Bonchev–Trinajstić information content (AvgIpc) is 2.15. The van der Waals surface area contributed by atoms with Gasteiger partial charge in [-0.15, -0.1) is 12.4 Å². The molecule has 0 spiro atoms. The fraction of sp³-hybridized carbons (Fsp3) is 0.417. The van der Waals surface area contributed by atoms with E-state index in [1.54, 1.807) is 12.1 Å². The molecule has 0 aromatic heterocycles. The Morgan fingerprint density at radius 1 is 1.38 bits per heavy atom. The third kappa shape index (κ3) is 2.36. The van der Waals surface area contributed by atoms with Crippen molar-refractivity contribution in [3.8, 4) is 0 Å². The summed E-state index contributed by atoms with van der Waals surface area (Å²) in [5.41, 5.74) is 7.19. The number of halogens is 1. The maximum Gasteiger partial charge on any atom is 0.336 e. The van der Waals surface area contributed by atoms with Gasteiger partial charge >= 0.3 is 5.97 Å². The van der Waals surface area contributed by atoms with Crippen molar-refractivity contribution in [2.75, 3.05) is 0 Å². The summed E-state index contributed by atoms with van der Waals surface area (Å²) in [6.45, 7) is 0. The van der Waals surface area contributed by atoms with Gasteiger partial charge in [-0.05, 0) is 30.4 Å². The van der Waals surface area contributed by atoms with E-state index in [0.717, 1.165) is 18.4 Å². The van der Waals surface area contributed by atoms with Gasteiger partial charge in [0, 0.05) is 6.04 Å². The first kappa shape index (κ1) is 13.0. The van der Waals surface area contributed by atoms with Gasteiger partial charge in [0.25, 0.3) is 0 Å². The Balaban J connectivity index is 0.00000128. The van der Waals surface area contributed by atoms with Gasteiger partial charge in [0.2, 0.25) is 0 Å². The predicted molar refractivity (Wildman–Crippen MR) is 64.9 cm³/mol. The minimum absolute atomic E-state index is 0. The van der Waals surface area contributed by atoms with Gasteiger partial charge in [0.15, 0.2) is 0 Å². The van der Waals surface area contributed by atoms with Crippen LogP contribution in [0.3, 0.4) is 0 Å². The fourth-order valence-electron chi connectivity index (χ4n) is 2.04. The average molecular weight is 242 g/mol. The highest BCUT2D eigenvalue weighted by molar-refractivity contribution is 5.89. The maximum absolute atomic E-state index is 11.0. The van der Waals surface area contributed by atoms with Crippen molar-refractivity contribution in [1.82, 2.24) is 0 Å². The standard InChI is InChI=1S/C12H15NO2.ClH/c13-11(8-4-3-5-8)9-6-1-2-7-10(9)12(14)15;/h1-2,6-8,11H,3-5,13H2,(H,14,15);1H/t11-;/m0./s1. The molecule has 1 aliphatic rings.